The molecule has 12 heteroatoms. The third-order valence-corrected chi connectivity index (χ3v) is 6.36. The van der Waals surface area contributed by atoms with E-state index < -0.39 is 12.0 Å². The number of nitrogens with two attached hydrogens (primary N) is 1. The summed E-state index contributed by atoms with van der Waals surface area (Å²) < 4.78 is 38.9. The SMILES string of the molecule is CCCCCCN(C(=O)CSc1nnc(C(F)(F)F)n1N)c1nc(-c2ccccc2)cs1. The number of hydrogen-bond acceptors (Lipinski definition) is 7. The lowest BCUT2D eigenvalue weighted by Crippen LogP contribution is -2.33. The highest BCUT2D eigenvalue weighted by molar-refractivity contribution is 7.99. The van der Waals surface area contributed by atoms with E-state index in [1.807, 2.05) is 35.7 Å². The minimum atomic E-state index is -4.72. The molecule has 172 valence electrons. The summed E-state index contributed by atoms with van der Waals surface area (Å²) in [5, 5.41) is 8.80. The van der Waals surface area contributed by atoms with Gasteiger partial charge >= 0.3 is 6.18 Å². The molecule has 1 amide bonds. The zero-order valence-corrected chi connectivity index (χ0v) is 19.0. The molecule has 0 aliphatic carbocycles. The molecule has 0 spiro atoms. The van der Waals surface area contributed by atoms with Crippen molar-refractivity contribution >= 4 is 34.1 Å². The molecule has 0 saturated carbocycles. The Balaban J connectivity index is 1.73. The summed E-state index contributed by atoms with van der Waals surface area (Å²) in [6.45, 7) is 2.58. The molecule has 0 unspecified atom stereocenters. The van der Waals surface area contributed by atoms with Crippen LogP contribution in [0, 0.1) is 0 Å². The second-order valence-electron chi connectivity index (χ2n) is 6.95. The number of alkyl halides is 3. The summed E-state index contributed by atoms with van der Waals surface area (Å²) in [6, 6.07) is 9.62. The Hall–Kier alpha value is -2.60. The second-order valence-corrected chi connectivity index (χ2v) is 8.73. The number of thioether (sulfide) groups is 1. The van der Waals surface area contributed by atoms with Gasteiger partial charge in [-0.2, -0.15) is 13.2 Å². The van der Waals surface area contributed by atoms with E-state index in [0.29, 0.717) is 16.4 Å². The van der Waals surface area contributed by atoms with E-state index in [1.54, 1.807) is 4.90 Å². The van der Waals surface area contributed by atoms with Gasteiger partial charge in [0.25, 0.3) is 5.82 Å². The quantitative estimate of drug-likeness (QED) is 0.252. The van der Waals surface area contributed by atoms with Gasteiger partial charge in [-0.1, -0.05) is 68.3 Å². The Bertz CT molecular complexity index is 1020. The molecular weight excluding hydrogens is 461 g/mol. The van der Waals surface area contributed by atoms with Crippen molar-refractivity contribution in [1.29, 1.82) is 0 Å². The third-order valence-electron chi connectivity index (χ3n) is 4.57. The molecule has 0 atom stereocenters. The Morgan fingerprint density at radius 2 is 1.94 bits per heavy atom. The van der Waals surface area contributed by atoms with Gasteiger partial charge in [0.15, 0.2) is 5.13 Å². The lowest BCUT2D eigenvalue weighted by Gasteiger charge is -2.19. The number of carbonyl (C=O) groups excluding carboxylic acids is 1. The largest absolute Gasteiger partial charge is 0.453 e. The maximum Gasteiger partial charge on any atom is 0.453 e. The highest BCUT2D eigenvalue weighted by atomic mass is 32.2. The molecule has 1 aromatic carbocycles. The summed E-state index contributed by atoms with van der Waals surface area (Å²) in [7, 11) is 0. The van der Waals surface area contributed by atoms with Crippen molar-refractivity contribution in [1.82, 2.24) is 19.9 Å². The van der Waals surface area contributed by atoms with E-state index in [1.165, 1.54) is 11.3 Å². The van der Waals surface area contributed by atoms with E-state index in [0.717, 1.165) is 48.7 Å². The average Bonchev–Trinajstić information content (AvgIpc) is 3.39. The van der Waals surface area contributed by atoms with Gasteiger partial charge in [-0.15, -0.1) is 21.5 Å². The Morgan fingerprint density at radius 1 is 1.19 bits per heavy atom. The van der Waals surface area contributed by atoms with Crippen LogP contribution in [0.5, 0.6) is 0 Å². The summed E-state index contributed by atoms with van der Waals surface area (Å²) in [4.78, 5) is 19.2. The lowest BCUT2D eigenvalue weighted by molar-refractivity contribution is -0.146. The molecule has 32 heavy (non-hydrogen) atoms. The fraction of sp³-hybridized carbons (Fsp3) is 0.400. The topological polar surface area (TPSA) is 89.9 Å². The maximum absolute atomic E-state index is 13.0. The van der Waals surface area contributed by atoms with Crippen LogP contribution in [0.1, 0.15) is 38.4 Å². The minimum absolute atomic E-state index is 0.138. The van der Waals surface area contributed by atoms with Crippen LogP contribution in [0.25, 0.3) is 11.3 Å². The van der Waals surface area contributed by atoms with Crippen LogP contribution in [-0.4, -0.2) is 38.1 Å². The number of nitrogens with zero attached hydrogens (tertiary/aromatic N) is 5. The van der Waals surface area contributed by atoms with E-state index >= 15 is 0 Å². The van der Waals surface area contributed by atoms with Crippen LogP contribution in [0.2, 0.25) is 0 Å². The Kier molecular flexibility index (Phi) is 8.13. The molecule has 2 aromatic heterocycles. The third kappa shape index (κ3) is 6.00. The number of nitrogen functional groups attached to an aromatic ring is 1. The molecule has 0 aliphatic rings. The number of amides is 1. The van der Waals surface area contributed by atoms with E-state index in [9.17, 15) is 18.0 Å². The average molecular weight is 485 g/mol. The number of thiazole rings is 1. The fourth-order valence-corrected chi connectivity index (χ4v) is 4.54. The van der Waals surface area contributed by atoms with Crippen molar-refractivity contribution in [2.75, 3.05) is 23.0 Å². The molecule has 3 rings (SSSR count). The van der Waals surface area contributed by atoms with Gasteiger partial charge in [0.1, 0.15) is 0 Å². The minimum Gasteiger partial charge on any atom is -0.335 e. The van der Waals surface area contributed by atoms with Gasteiger partial charge in [0.05, 0.1) is 11.4 Å². The Labute approximate surface area is 191 Å². The van der Waals surface area contributed by atoms with Gasteiger partial charge in [-0.25, -0.2) is 9.66 Å². The number of aromatic nitrogens is 4. The molecule has 0 radical (unpaired) electrons. The van der Waals surface area contributed by atoms with Crippen LogP contribution in [0.15, 0.2) is 40.9 Å². The number of halogens is 3. The van der Waals surface area contributed by atoms with Crippen molar-refractivity contribution in [3.63, 3.8) is 0 Å². The zero-order chi connectivity index (χ0) is 23.1. The first-order valence-corrected chi connectivity index (χ1v) is 11.9. The van der Waals surface area contributed by atoms with Crippen molar-refractivity contribution < 1.29 is 18.0 Å². The van der Waals surface area contributed by atoms with Crippen molar-refractivity contribution in [3.05, 3.63) is 41.5 Å². The van der Waals surface area contributed by atoms with Gasteiger partial charge in [-0.3, -0.25) is 9.69 Å². The number of hydrogen-bond donors (Lipinski definition) is 1. The van der Waals surface area contributed by atoms with Gasteiger partial charge in [0, 0.05) is 17.5 Å². The predicted octanol–water partition coefficient (Wildman–Crippen LogP) is 4.84. The number of rotatable bonds is 10. The van der Waals surface area contributed by atoms with Crippen LogP contribution >= 0.6 is 23.1 Å². The van der Waals surface area contributed by atoms with Crippen LogP contribution < -0.4 is 10.7 Å². The molecule has 7 nitrogen and oxygen atoms in total. The molecule has 3 aromatic rings. The highest BCUT2D eigenvalue weighted by Gasteiger charge is 2.38. The lowest BCUT2D eigenvalue weighted by atomic mass is 10.2. The number of carbonyl (C=O) groups is 1. The van der Waals surface area contributed by atoms with Gasteiger partial charge in [-0.05, 0) is 6.42 Å². The summed E-state index contributed by atoms with van der Waals surface area (Å²) in [5.41, 5.74) is 1.71. The molecule has 0 aliphatic heterocycles. The molecule has 2 heterocycles. The monoisotopic (exact) mass is 484 g/mol. The molecule has 0 fully saturated rings. The first-order chi connectivity index (χ1) is 15.3. The van der Waals surface area contributed by atoms with Crippen LogP contribution in [0.4, 0.5) is 18.3 Å². The molecule has 0 bridgehead atoms. The first-order valence-electron chi connectivity index (χ1n) is 10.0. The normalized spacial score (nSPS) is 11.6. The standard InChI is InChI=1S/C20H23F3N6OS2/c1-2-3-4-8-11-28(18-25-15(12-31-18)14-9-6-5-7-10-14)16(30)13-32-19-27-26-17(29(19)24)20(21,22)23/h5-7,9-10,12H,2-4,8,11,13,24H2,1H3. The van der Waals surface area contributed by atoms with Gasteiger partial charge < -0.3 is 5.84 Å². The number of unbranched alkanes of at least 4 members (excludes halogenated alkanes) is 3. The van der Waals surface area contributed by atoms with Crippen molar-refractivity contribution in [2.24, 2.45) is 0 Å². The van der Waals surface area contributed by atoms with Crippen LogP contribution in [0.3, 0.4) is 0 Å². The Morgan fingerprint density at radius 3 is 2.59 bits per heavy atom. The van der Waals surface area contributed by atoms with Crippen molar-refractivity contribution in [3.8, 4) is 11.3 Å². The summed E-state index contributed by atoms with van der Waals surface area (Å²) >= 11 is 2.17. The summed E-state index contributed by atoms with van der Waals surface area (Å²) in [5.74, 6) is 3.73. The smallest absolute Gasteiger partial charge is 0.335 e. The molecule has 0 saturated heterocycles. The fourth-order valence-electron chi connectivity index (χ4n) is 2.93. The molecular formula is C20H23F3N6OS2. The second kappa shape index (κ2) is 10.8. The van der Waals surface area contributed by atoms with Crippen molar-refractivity contribution in [2.45, 2.75) is 43.9 Å². The first kappa shape index (κ1) is 24.1. The van der Waals surface area contributed by atoms with Crippen LogP contribution in [-0.2, 0) is 11.0 Å². The summed E-state index contributed by atoms with van der Waals surface area (Å²) in [6.07, 6.45) is -0.829. The zero-order valence-electron chi connectivity index (χ0n) is 17.4. The molecule has 2 N–H and O–H groups in total. The number of benzene rings is 1. The highest BCUT2D eigenvalue weighted by Crippen LogP contribution is 2.30. The van der Waals surface area contributed by atoms with E-state index in [2.05, 4.69) is 22.1 Å². The number of anilines is 1. The van der Waals surface area contributed by atoms with E-state index in [4.69, 9.17) is 5.84 Å². The van der Waals surface area contributed by atoms with E-state index in [-0.39, 0.29) is 16.8 Å². The predicted molar refractivity (Wildman–Crippen MR) is 120 cm³/mol. The van der Waals surface area contributed by atoms with Gasteiger partial charge in [0.2, 0.25) is 11.1 Å². The maximum atomic E-state index is 13.0.